The lowest BCUT2D eigenvalue weighted by Crippen LogP contribution is -2.40. The zero-order chi connectivity index (χ0) is 17.2. The molecule has 1 aliphatic heterocycles. The Labute approximate surface area is 145 Å². The van der Waals surface area contributed by atoms with Gasteiger partial charge in [-0.25, -0.2) is 4.98 Å². The molecule has 0 spiro atoms. The molecule has 25 heavy (non-hydrogen) atoms. The van der Waals surface area contributed by atoms with Crippen LogP contribution in [-0.4, -0.2) is 38.0 Å². The second kappa shape index (κ2) is 6.44. The summed E-state index contributed by atoms with van der Waals surface area (Å²) in [5.74, 6) is 0.0395. The van der Waals surface area contributed by atoms with Crippen molar-refractivity contribution in [2.75, 3.05) is 13.1 Å². The van der Waals surface area contributed by atoms with Crippen LogP contribution in [0.25, 0.3) is 10.9 Å². The number of imidazole rings is 1. The number of carbonyl (C=O) groups excluding carboxylic acids is 1. The number of nitriles is 1. The normalized spacial score (nSPS) is 17.6. The molecule has 0 saturated carbocycles. The molecule has 2 aromatic heterocycles. The Kier molecular flexibility index (Phi) is 3.98. The molecule has 3 aromatic rings. The van der Waals surface area contributed by atoms with Gasteiger partial charge in [0.1, 0.15) is 6.54 Å². The van der Waals surface area contributed by atoms with Gasteiger partial charge in [0.25, 0.3) is 5.91 Å². The van der Waals surface area contributed by atoms with Gasteiger partial charge in [0.05, 0.1) is 24.0 Å². The zero-order valence-corrected chi connectivity index (χ0v) is 13.9. The lowest BCUT2D eigenvalue weighted by Gasteiger charge is -2.33. The maximum Gasteiger partial charge on any atom is 0.256 e. The summed E-state index contributed by atoms with van der Waals surface area (Å²) < 4.78 is 3.93. The summed E-state index contributed by atoms with van der Waals surface area (Å²) in [5, 5.41) is 9.95. The quantitative estimate of drug-likeness (QED) is 0.740. The van der Waals surface area contributed by atoms with E-state index in [-0.39, 0.29) is 18.5 Å². The summed E-state index contributed by atoms with van der Waals surface area (Å²) in [4.78, 5) is 19.2. The van der Waals surface area contributed by atoms with Crippen molar-refractivity contribution in [3.05, 3.63) is 54.7 Å². The number of nitrogens with zero attached hydrogens (tertiary/aromatic N) is 5. The van der Waals surface area contributed by atoms with E-state index in [0.717, 1.165) is 30.3 Å². The maximum atomic E-state index is 13.2. The van der Waals surface area contributed by atoms with E-state index in [4.69, 9.17) is 5.26 Å². The minimum absolute atomic E-state index is 0.0395. The Balaban J connectivity index is 1.64. The average Bonchev–Trinajstić information content (AvgIpc) is 3.30. The molecular formula is C19H19N5O. The van der Waals surface area contributed by atoms with E-state index in [9.17, 15) is 4.79 Å². The third kappa shape index (κ3) is 2.78. The van der Waals surface area contributed by atoms with Gasteiger partial charge in [-0.2, -0.15) is 5.26 Å². The van der Waals surface area contributed by atoms with Crippen LogP contribution in [0.2, 0.25) is 0 Å². The zero-order valence-electron chi connectivity index (χ0n) is 13.9. The Morgan fingerprint density at radius 3 is 3.04 bits per heavy atom. The topological polar surface area (TPSA) is 66.8 Å². The van der Waals surface area contributed by atoms with E-state index < -0.39 is 0 Å². The number of benzene rings is 1. The van der Waals surface area contributed by atoms with E-state index in [1.165, 1.54) is 0 Å². The molecule has 126 valence electrons. The molecule has 6 nitrogen and oxygen atoms in total. The van der Waals surface area contributed by atoms with Crippen LogP contribution in [0.5, 0.6) is 0 Å². The van der Waals surface area contributed by atoms with Gasteiger partial charge in [-0.1, -0.05) is 18.2 Å². The Morgan fingerprint density at radius 2 is 2.24 bits per heavy atom. The molecule has 0 radical (unpaired) electrons. The lowest BCUT2D eigenvalue weighted by atomic mass is 10.0. The fraction of sp³-hybridized carbons (Fsp3) is 0.316. The summed E-state index contributed by atoms with van der Waals surface area (Å²) >= 11 is 0. The molecule has 1 aliphatic rings. The van der Waals surface area contributed by atoms with Gasteiger partial charge in [-0.15, -0.1) is 0 Å². The molecule has 1 atom stereocenters. The average molecular weight is 333 g/mol. The summed E-state index contributed by atoms with van der Waals surface area (Å²) in [6.45, 7) is 1.69. The monoisotopic (exact) mass is 333 g/mol. The maximum absolute atomic E-state index is 13.2. The van der Waals surface area contributed by atoms with Crippen molar-refractivity contribution in [1.82, 2.24) is 19.0 Å². The predicted octanol–water partition coefficient (Wildman–Crippen LogP) is 2.84. The molecular weight excluding hydrogens is 314 g/mol. The first-order valence-corrected chi connectivity index (χ1v) is 8.49. The van der Waals surface area contributed by atoms with Gasteiger partial charge in [0.2, 0.25) is 0 Å². The van der Waals surface area contributed by atoms with Crippen LogP contribution in [0.3, 0.4) is 0 Å². The number of amides is 1. The van der Waals surface area contributed by atoms with E-state index >= 15 is 0 Å². The number of carbonyl (C=O) groups is 1. The number of piperidine rings is 1. The summed E-state index contributed by atoms with van der Waals surface area (Å²) in [7, 11) is 0. The molecule has 0 unspecified atom stereocenters. The molecule has 4 rings (SSSR count). The molecule has 6 heteroatoms. The third-order valence-electron chi connectivity index (χ3n) is 4.89. The van der Waals surface area contributed by atoms with E-state index in [1.807, 2.05) is 52.5 Å². The molecule has 0 aliphatic carbocycles. The van der Waals surface area contributed by atoms with E-state index in [0.29, 0.717) is 12.1 Å². The highest BCUT2D eigenvalue weighted by atomic mass is 16.2. The number of likely N-dealkylation sites (tertiary alicyclic amines) is 1. The number of para-hydroxylation sites is 1. The van der Waals surface area contributed by atoms with Crippen LogP contribution in [0.1, 0.15) is 29.2 Å². The largest absolute Gasteiger partial charge is 0.337 e. The molecule has 1 amide bonds. The van der Waals surface area contributed by atoms with Gasteiger partial charge in [0, 0.05) is 42.6 Å². The third-order valence-corrected chi connectivity index (χ3v) is 4.89. The Bertz CT molecular complexity index is 935. The van der Waals surface area contributed by atoms with Crippen molar-refractivity contribution < 1.29 is 4.79 Å². The van der Waals surface area contributed by atoms with Crippen LogP contribution >= 0.6 is 0 Å². The minimum Gasteiger partial charge on any atom is -0.337 e. The first-order chi connectivity index (χ1) is 12.3. The smallest absolute Gasteiger partial charge is 0.256 e. The summed E-state index contributed by atoms with van der Waals surface area (Å²) in [6, 6.07) is 10.2. The fourth-order valence-electron chi connectivity index (χ4n) is 3.66. The van der Waals surface area contributed by atoms with Crippen molar-refractivity contribution in [2.24, 2.45) is 0 Å². The molecule has 1 fully saturated rings. The fourth-order valence-corrected chi connectivity index (χ4v) is 3.66. The van der Waals surface area contributed by atoms with Crippen LogP contribution in [0.4, 0.5) is 0 Å². The molecule has 0 N–H and O–H groups in total. The standard InChI is InChI=1S/C19H19N5O/c20-7-10-22-13-17(16-5-1-2-6-18(16)22)19(25)23-9-3-4-15(12-23)24-11-8-21-14-24/h1-2,5-6,8,11,13-15H,3-4,9-10,12H2/t15-/m1/s1. The van der Waals surface area contributed by atoms with Crippen molar-refractivity contribution in [1.29, 1.82) is 5.26 Å². The second-order valence-electron chi connectivity index (χ2n) is 6.40. The first-order valence-electron chi connectivity index (χ1n) is 8.49. The summed E-state index contributed by atoms with van der Waals surface area (Å²) in [5.41, 5.74) is 1.60. The van der Waals surface area contributed by atoms with Gasteiger partial charge >= 0.3 is 0 Å². The van der Waals surface area contributed by atoms with Crippen LogP contribution < -0.4 is 0 Å². The van der Waals surface area contributed by atoms with Gasteiger partial charge in [-0.05, 0) is 18.9 Å². The minimum atomic E-state index is 0.0395. The van der Waals surface area contributed by atoms with Crippen LogP contribution in [-0.2, 0) is 6.54 Å². The number of rotatable bonds is 3. The number of fused-ring (bicyclic) bond motifs is 1. The van der Waals surface area contributed by atoms with E-state index in [1.54, 1.807) is 6.20 Å². The second-order valence-corrected chi connectivity index (χ2v) is 6.40. The summed E-state index contributed by atoms with van der Waals surface area (Å²) in [6.07, 6.45) is 9.39. The Morgan fingerprint density at radius 1 is 1.36 bits per heavy atom. The first kappa shape index (κ1) is 15.5. The van der Waals surface area contributed by atoms with Gasteiger partial charge < -0.3 is 14.0 Å². The SMILES string of the molecule is N#CCn1cc(C(=O)N2CCC[C@@H](n3ccnc3)C2)c2ccccc21. The van der Waals surface area contributed by atoms with Crippen molar-refractivity contribution in [3.63, 3.8) is 0 Å². The highest BCUT2D eigenvalue weighted by Gasteiger charge is 2.27. The number of hydrogen-bond acceptors (Lipinski definition) is 3. The predicted molar refractivity (Wildman–Crippen MR) is 94.0 cm³/mol. The van der Waals surface area contributed by atoms with Gasteiger partial charge in [0.15, 0.2) is 0 Å². The van der Waals surface area contributed by atoms with Crippen molar-refractivity contribution in [3.8, 4) is 6.07 Å². The van der Waals surface area contributed by atoms with Crippen LogP contribution in [0.15, 0.2) is 49.2 Å². The molecule has 0 bridgehead atoms. The Hall–Kier alpha value is -3.07. The molecule has 1 saturated heterocycles. The highest BCUT2D eigenvalue weighted by Crippen LogP contribution is 2.26. The highest BCUT2D eigenvalue weighted by molar-refractivity contribution is 6.07. The molecule has 1 aromatic carbocycles. The van der Waals surface area contributed by atoms with Crippen LogP contribution in [0, 0.1) is 11.3 Å². The number of aromatic nitrogens is 3. The van der Waals surface area contributed by atoms with E-state index in [2.05, 4.69) is 15.6 Å². The lowest BCUT2D eigenvalue weighted by molar-refractivity contribution is 0.0681. The van der Waals surface area contributed by atoms with Crippen molar-refractivity contribution >= 4 is 16.8 Å². The van der Waals surface area contributed by atoms with Crippen molar-refractivity contribution in [2.45, 2.75) is 25.4 Å². The van der Waals surface area contributed by atoms with Gasteiger partial charge in [-0.3, -0.25) is 4.79 Å². The number of hydrogen-bond donors (Lipinski definition) is 0. The molecule has 3 heterocycles.